The summed E-state index contributed by atoms with van der Waals surface area (Å²) in [4.78, 5) is 24.4. The predicted octanol–water partition coefficient (Wildman–Crippen LogP) is 3.92. The fraction of sp³-hybridized carbons (Fsp3) is 0.176. The van der Waals surface area contributed by atoms with Crippen LogP contribution in [0.15, 0.2) is 53.4 Å². The van der Waals surface area contributed by atoms with E-state index in [0.717, 1.165) is 10.5 Å². The average molecular weight is 350 g/mol. The van der Waals surface area contributed by atoms with Crippen molar-refractivity contribution in [2.24, 2.45) is 0 Å². The molecule has 0 saturated heterocycles. The van der Waals surface area contributed by atoms with Gasteiger partial charge >= 0.3 is 5.97 Å². The molecule has 0 aliphatic carbocycles. The summed E-state index contributed by atoms with van der Waals surface area (Å²) in [5.41, 5.74) is 1.49. The number of rotatable bonds is 6. The summed E-state index contributed by atoms with van der Waals surface area (Å²) >= 11 is 7.39. The number of nitrogens with one attached hydrogen (secondary N) is 1. The number of halogens is 1. The summed E-state index contributed by atoms with van der Waals surface area (Å²) in [5.74, 6) is -0.708. The van der Waals surface area contributed by atoms with Gasteiger partial charge in [0.05, 0.1) is 16.5 Å². The first-order chi connectivity index (χ1) is 11.0. The number of carbonyl (C=O) groups excluding carboxylic acids is 2. The predicted molar refractivity (Wildman–Crippen MR) is 92.9 cm³/mol. The Morgan fingerprint density at radius 1 is 1.17 bits per heavy atom. The number of benzene rings is 2. The number of esters is 1. The van der Waals surface area contributed by atoms with Crippen LogP contribution in [0, 0.1) is 6.92 Å². The van der Waals surface area contributed by atoms with Crippen LogP contribution in [0.1, 0.15) is 5.56 Å². The molecule has 2 rings (SSSR count). The van der Waals surface area contributed by atoms with Gasteiger partial charge in [-0.2, -0.15) is 0 Å². The Kier molecular flexibility index (Phi) is 6.50. The molecule has 2 aromatic rings. The Balaban J connectivity index is 1.74. The number of thioether (sulfide) groups is 1. The fourth-order valence-corrected chi connectivity index (χ4v) is 2.75. The fourth-order valence-electron chi connectivity index (χ4n) is 1.75. The molecule has 0 atom stereocenters. The maximum absolute atomic E-state index is 11.8. The largest absolute Gasteiger partial charge is 0.455 e. The zero-order chi connectivity index (χ0) is 16.7. The van der Waals surface area contributed by atoms with Crippen LogP contribution in [0.4, 0.5) is 5.69 Å². The van der Waals surface area contributed by atoms with Crippen LogP contribution in [-0.4, -0.2) is 24.2 Å². The van der Waals surface area contributed by atoms with Crippen molar-refractivity contribution in [1.82, 2.24) is 0 Å². The maximum Gasteiger partial charge on any atom is 0.316 e. The molecule has 23 heavy (non-hydrogen) atoms. The van der Waals surface area contributed by atoms with Crippen molar-refractivity contribution >= 4 is 40.9 Å². The molecule has 1 amide bonds. The number of ether oxygens (including phenoxy) is 1. The average Bonchev–Trinajstić information content (AvgIpc) is 2.54. The standard InChI is InChI=1S/C17H16ClNO3S/c1-12-7-8-15(14(18)9-12)19-16(20)10-22-17(21)11-23-13-5-3-2-4-6-13/h2-9H,10-11H2,1H3,(H,19,20). The van der Waals surface area contributed by atoms with Gasteiger partial charge in [0.2, 0.25) is 0 Å². The lowest BCUT2D eigenvalue weighted by Gasteiger charge is -2.08. The summed E-state index contributed by atoms with van der Waals surface area (Å²) in [6.45, 7) is 1.57. The van der Waals surface area contributed by atoms with Crippen LogP contribution < -0.4 is 5.32 Å². The second-order valence-electron chi connectivity index (χ2n) is 4.79. The maximum atomic E-state index is 11.8. The Bertz CT molecular complexity index is 691. The Morgan fingerprint density at radius 2 is 1.91 bits per heavy atom. The molecule has 1 N–H and O–H groups in total. The summed E-state index contributed by atoms with van der Waals surface area (Å²) in [5, 5.41) is 3.06. The third-order valence-corrected chi connectivity index (χ3v) is 4.16. The highest BCUT2D eigenvalue weighted by Crippen LogP contribution is 2.22. The zero-order valence-corrected chi connectivity index (χ0v) is 14.1. The molecule has 0 aliphatic heterocycles. The molecule has 2 aromatic carbocycles. The van der Waals surface area contributed by atoms with E-state index in [1.54, 1.807) is 12.1 Å². The van der Waals surface area contributed by atoms with Crippen molar-refractivity contribution in [2.75, 3.05) is 17.7 Å². The van der Waals surface area contributed by atoms with E-state index in [9.17, 15) is 9.59 Å². The Hall–Kier alpha value is -1.98. The van der Waals surface area contributed by atoms with E-state index in [1.807, 2.05) is 43.3 Å². The minimum atomic E-state index is -0.441. The van der Waals surface area contributed by atoms with Crippen LogP contribution in [0.2, 0.25) is 5.02 Å². The monoisotopic (exact) mass is 349 g/mol. The first-order valence-electron chi connectivity index (χ1n) is 6.94. The lowest BCUT2D eigenvalue weighted by atomic mass is 10.2. The molecule has 0 aromatic heterocycles. The number of anilines is 1. The van der Waals surface area contributed by atoms with Crippen LogP contribution in [0.5, 0.6) is 0 Å². The van der Waals surface area contributed by atoms with Gasteiger partial charge in [-0.05, 0) is 36.8 Å². The SMILES string of the molecule is Cc1ccc(NC(=O)COC(=O)CSc2ccccc2)c(Cl)c1. The smallest absolute Gasteiger partial charge is 0.316 e. The Morgan fingerprint density at radius 3 is 2.61 bits per heavy atom. The van der Waals surface area contributed by atoms with Gasteiger partial charge < -0.3 is 10.1 Å². The molecule has 0 spiro atoms. The van der Waals surface area contributed by atoms with E-state index >= 15 is 0 Å². The van der Waals surface area contributed by atoms with Crippen molar-refractivity contribution in [3.05, 3.63) is 59.1 Å². The summed E-state index contributed by atoms with van der Waals surface area (Å²) in [6.07, 6.45) is 0. The highest BCUT2D eigenvalue weighted by atomic mass is 35.5. The third-order valence-electron chi connectivity index (χ3n) is 2.86. The van der Waals surface area contributed by atoms with Crippen molar-refractivity contribution in [1.29, 1.82) is 0 Å². The van der Waals surface area contributed by atoms with Crippen molar-refractivity contribution in [3.8, 4) is 0 Å². The van der Waals surface area contributed by atoms with Crippen molar-refractivity contribution < 1.29 is 14.3 Å². The first-order valence-corrected chi connectivity index (χ1v) is 8.30. The number of aryl methyl sites for hydroxylation is 1. The second kappa shape index (κ2) is 8.60. The zero-order valence-electron chi connectivity index (χ0n) is 12.5. The van der Waals surface area contributed by atoms with E-state index in [-0.39, 0.29) is 12.4 Å². The van der Waals surface area contributed by atoms with Crippen LogP contribution >= 0.6 is 23.4 Å². The van der Waals surface area contributed by atoms with E-state index < -0.39 is 11.9 Å². The minimum Gasteiger partial charge on any atom is -0.455 e. The summed E-state index contributed by atoms with van der Waals surface area (Å²) < 4.78 is 4.95. The summed E-state index contributed by atoms with van der Waals surface area (Å²) in [7, 11) is 0. The van der Waals surface area contributed by atoms with Crippen molar-refractivity contribution in [2.45, 2.75) is 11.8 Å². The minimum absolute atomic E-state index is 0.155. The molecule has 6 heteroatoms. The van der Waals surface area contributed by atoms with Gasteiger partial charge in [0.15, 0.2) is 6.61 Å². The molecule has 0 fully saturated rings. The lowest BCUT2D eigenvalue weighted by Crippen LogP contribution is -2.21. The van der Waals surface area contributed by atoms with Gasteiger partial charge in [-0.15, -0.1) is 11.8 Å². The number of carbonyl (C=O) groups is 2. The number of amides is 1. The topological polar surface area (TPSA) is 55.4 Å². The second-order valence-corrected chi connectivity index (χ2v) is 6.25. The van der Waals surface area contributed by atoms with Crippen LogP contribution in [0.3, 0.4) is 0 Å². The molecule has 0 aliphatic rings. The number of hydrogen-bond donors (Lipinski definition) is 1. The molecule has 0 radical (unpaired) electrons. The quantitative estimate of drug-likeness (QED) is 0.634. The van der Waals surface area contributed by atoms with Crippen molar-refractivity contribution in [3.63, 3.8) is 0 Å². The molecule has 120 valence electrons. The van der Waals surface area contributed by atoms with E-state index in [2.05, 4.69) is 5.32 Å². The molecular weight excluding hydrogens is 334 g/mol. The summed E-state index contributed by atoms with van der Waals surface area (Å²) in [6, 6.07) is 14.8. The molecule has 0 unspecified atom stereocenters. The normalized spacial score (nSPS) is 10.2. The van der Waals surface area contributed by atoms with Crippen LogP contribution in [0.25, 0.3) is 0 Å². The molecular formula is C17H16ClNO3S. The molecule has 4 nitrogen and oxygen atoms in total. The first kappa shape index (κ1) is 17.4. The Labute approximate surface area is 144 Å². The molecule has 0 bridgehead atoms. The third kappa shape index (κ3) is 5.96. The number of hydrogen-bond acceptors (Lipinski definition) is 4. The van der Waals surface area contributed by atoms with Crippen LogP contribution in [-0.2, 0) is 14.3 Å². The molecule has 0 saturated carbocycles. The van der Waals surface area contributed by atoms with Gasteiger partial charge in [-0.25, -0.2) is 0 Å². The van der Waals surface area contributed by atoms with E-state index in [0.29, 0.717) is 10.7 Å². The highest BCUT2D eigenvalue weighted by Gasteiger charge is 2.10. The molecule has 0 heterocycles. The van der Waals surface area contributed by atoms with Gasteiger partial charge in [-0.3, -0.25) is 9.59 Å². The van der Waals surface area contributed by atoms with Gasteiger partial charge in [0.25, 0.3) is 5.91 Å². The van der Waals surface area contributed by atoms with E-state index in [4.69, 9.17) is 16.3 Å². The highest BCUT2D eigenvalue weighted by molar-refractivity contribution is 8.00. The van der Waals surface area contributed by atoms with Gasteiger partial charge in [-0.1, -0.05) is 35.9 Å². The van der Waals surface area contributed by atoms with E-state index in [1.165, 1.54) is 11.8 Å². The lowest BCUT2D eigenvalue weighted by molar-refractivity contribution is -0.144. The van der Waals surface area contributed by atoms with Gasteiger partial charge in [0.1, 0.15) is 0 Å². The van der Waals surface area contributed by atoms with Gasteiger partial charge in [0, 0.05) is 4.90 Å².